The van der Waals surface area contributed by atoms with Crippen molar-refractivity contribution >= 4 is 14.7 Å². The van der Waals surface area contributed by atoms with E-state index in [4.69, 9.17) is 0 Å². The van der Waals surface area contributed by atoms with Crippen molar-refractivity contribution in [2.75, 3.05) is 0 Å². The van der Waals surface area contributed by atoms with Crippen molar-refractivity contribution in [3.63, 3.8) is 0 Å². The van der Waals surface area contributed by atoms with Gasteiger partial charge in [0.25, 0.3) is 0 Å². The summed E-state index contributed by atoms with van der Waals surface area (Å²) in [6, 6.07) is 11.2. The minimum Gasteiger partial charge on any atom is -1.00 e. The second-order valence-corrected chi connectivity index (χ2v) is 10.7. The number of hydrogen-bond acceptors (Lipinski definition) is 0. The van der Waals surface area contributed by atoms with E-state index in [0.717, 1.165) is 11.8 Å². The molecule has 0 bridgehead atoms. The van der Waals surface area contributed by atoms with Crippen molar-refractivity contribution in [2.45, 2.75) is 65.2 Å². The van der Waals surface area contributed by atoms with Gasteiger partial charge in [-0.25, -0.2) is 0 Å². The Morgan fingerprint density at radius 2 is 1.67 bits per heavy atom. The van der Waals surface area contributed by atoms with E-state index < -0.39 is 0 Å². The second kappa shape index (κ2) is 13.7. The average Bonchev–Trinajstić information content (AvgIpc) is 2.91. The summed E-state index contributed by atoms with van der Waals surface area (Å²) in [5.74, 6) is 1.71. The molecule has 0 spiro atoms. The molecular weight excluding hydrogens is 447 g/mol. The van der Waals surface area contributed by atoms with E-state index in [1.807, 2.05) is 10.8 Å². The maximum absolute atomic E-state index is 2.45. The van der Waals surface area contributed by atoms with Gasteiger partial charge in [-0.1, -0.05) is 0 Å². The molecule has 0 N–H and O–H groups in total. The number of halogens is 3. The monoisotopic (exact) mass is 476 g/mol. The zero-order valence-electron chi connectivity index (χ0n) is 16.5. The van der Waals surface area contributed by atoms with Gasteiger partial charge in [0.2, 0.25) is 0 Å². The summed E-state index contributed by atoms with van der Waals surface area (Å²) in [4.78, 5) is 0. The summed E-state index contributed by atoms with van der Waals surface area (Å²) in [6.45, 7) is 4.81. The predicted molar refractivity (Wildman–Crippen MR) is 104 cm³/mol. The molecule has 2 aliphatic carbocycles. The second-order valence-electron chi connectivity index (χ2n) is 7.85. The van der Waals surface area contributed by atoms with E-state index >= 15 is 0 Å². The van der Waals surface area contributed by atoms with Crippen molar-refractivity contribution in [3.05, 3.63) is 50.6 Å². The van der Waals surface area contributed by atoms with Crippen LogP contribution >= 0.6 is 0 Å². The van der Waals surface area contributed by atoms with Crippen LogP contribution in [0, 0.1) is 11.8 Å². The Morgan fingerprint density at radius 3 is 2.26 bits per heavy atom. The SMILES string of the molecule is CCC(C)C1=C(CC2CCCCC2)CC([SiH2]c2ccccc2)=[C]1[Ti+3].[Cl-].[Cl-].[Cl-]. The van der Waals surface area contributed by atoms with Crippen molar-refractivity contribution in [1.29, 1.82) is 0 Å². The molecular formula is C22H31Cl3SiTi. The van der Waals surface area contributed by atoms with Gasteiger partial charge in [0.05, 0.1) is 0 Å². The molecule has 0 aromatic heterocycles. The van der Waals surface area contributed by atoms with E-state index in [1.165, 1.54) is 51.4 Å². The van der Waals surface area contributed by atoms with Gasteiger partial charge in [-0.3, -0.25) is 0 Å². The summed E-state index contributed by atoms with van der Waals surface area (Å²) in [5, 5.41) is 3.43. The molecule has 1 unspecified atom stereocenters. The summed E-state index contributed by atoms with van der Waals surface area (Å²) >= 11 is 2.43. The molecule has 1 aromatic rings. The first kappa shape index (κ1) is 27.5. The quantitative estimate of drug-likeness (QED) is 0.366. The molecule has 0 nitrogen and oxygen atoms in total. The normalized spacial score (nSPS) is 19.0. The van der Waals surface area contributed by atoms with Crippen LogP contribution in [-0.4, -0.2) is 9.52 Å². The summed E-state index contributed by atoms with van der Waals surface area (Å²) in [7, 11) is -0.285. The van der Waals surface area contributed by atoms with E-state index in [2.05, 4.69) is 64.6 Å². The maximum Gasteiger partial charge on any atom is -1.00 e. The van der Waals surface area contributed by atoms with Gasteiger partial charge in [-0.05, 0) is 0 Å². The predicted octanol–water partition coefficient (Wildman–Crippen LogP) is -4.03. The Labute approximate surface area is 198 Å². The molecule has 5 heteroatoms. The van der Waals surface area contributed by atoms with Crippen LogP contribution in [0.2, 0.25) is 0 Å². The molecule has 0 radical (unpaired) electrons. The largest absolute Gasteiger partial charge is 1.00 e. The molecule has 1 atom stereocenters. The third-order valence-corrected chi connectivity index (χ3v) is 9.49. The van der Waals surface area contributed by atoms with E-state index in [9.17, 15) is 0 Å². The molecule has 2 aliphatic rings. The van der Waals surface area contributed by atoms with Crippen LogP contribution in [0.3, 0.4) is 0 Å². The van der Waals surface area contributed by atoms with Crippen LogP contribution in [-0.2, 0) is 20.4 Å². The Hall–Kier alpha value is 0.501. The molecule has 0 heterocycles. The Balaban J connectivity index is 0.00000225. The minimum atomic E-state index is -0.285. The third kappa shape index (κ3) is 7.36. The fourth-order valence-corrected chi connectivity index (χ4v) is 7.53. The van der Waals surface area contributed by atoms with Crippen LogP contribution in [0.4, 0.5) is 0 Å². The van der Waals surface area contributed by atoms with Gasteiger partial charge in [-0.2, -0.15) is 0 Å². The topological polar surface area (TPSA) is 0 Å². The molecule has 0 saturated heterocycles. The van der Waals surface area contributed by atoms with Crippen molar-refractivity contribution < 1.29 is 57.7 Å². The van der Waals surface area contributed by atoms with Crippen molar-refractivity contribution in [2.24, 2.45) is 11.8 Å². The number of benzene rings is 1. The summed E-state index contributed by atoms with van der Waals surface area (Å²) < 4.78 is 1.69. The van der Waals surface area contributed by atoms with Crippen LogP contribution < -0.4 is 42.4 Å². The van der Waals surface area contributed by atoms with Crippen LogP contribution in [0.1, 0.15) is 65.2 Å². The standard InChI is InChI=1S/C22H31Si.3ClH.Ti/c1-3-17(2)22-16-21(23-20-12-8-5-9-13-20)15-19(22)14-18-10-6-4-7-11-18;;;;/h5,8-9,12-13,17-18H,3-4,6-7,10-11,14-15,23H2,1-2H3;3*1H;/q;;;;+3/p-3. The Kier molecular flexibility index (Phi) is 13.9. The molecule has 3 rings (SSSR count). The molecule has 1 saturated carbocycles. The first-order valence-electron chi connectivity index (χ1n) is 9.88. The Bertz CT molecular complexity index is 622. The first-order chi connectivity index (χ1) is 11.7. The third-order valence-electron chi connectivity index (χ3n) is 6.06. The number of rotatable bonds is 6. The van der Waals surface area contributed by atoms with E-state index in [-0.39, 0.29) is 46.7 Å². The summed E-state index contributed by atoms with van der Waals surface area (Å²) in [5.41, 5.74) is 3.59. The maximum atomic E-state index is 2.45. The molecule has 148 valence electrons. The zero-order valence-corrected chi connectivity index (χ0v) is 21.8. The van der Waals surface area contributed by atoms with Gasteiger partial charge in [-0.15, -0.1) is 0 Å². The van der Waals surface area contributed by atoms with Crippen LogP contribution in [0.25, 0.3) is 0 Å². The van der Waals surface area contributed by atoms with Crippen molar-refractivity contribution in [1.82, 2.24) is 0 Å². The van der Waals surface area contributed by atoms with E-state index in [0.29, 0.717) is 0 Å². The van der Waals surface area contributed by atoms with Gasteiger partial charge in [0.15, 0.2) is 0 Å². The fourth-order valence-electron chi connectivity index (χ4n) is 4.52. The van der Waals surface area contributed by atoms with E-state index in [1.54, 1.807) is 14.6 Å². The summed E-state index contributed by atoms with van der Waals surface area (Å²) in [6.07, 6.45) is 11.3. The minimum absolute atomic E-state index is 0. The van der Waals surface area contributed by atoms with Crippen molar-refractivity contribution in [3.8, 4) is 0 Å². The molecule has 1 aromatic carbocycles. The van der Waals surface area contributed by atoms with Gasteiger partial charge < -0.3 is 37.2 Å². The first-order valence-corrected chi connectivity index (χ1v) is 12.1. The van der Waals surface area contributed by atoms with Gasteiger partial charge in [0, 0.05) is 0 Å². The molecule has 0 aliphatic heterocycles. The smallest absolute Gasteiger partial charge is 1.00 e. The average molecular weight is 478 g/mol. The molecule has 27 heavy (non-hydrogen) atoms. The van der Waals surface area contributed by atoms with Gasteiger partial charge >= 0.3 is 163 Å². The fraction of sp³-hybridized carbons (Fsp3) is 0.545. The zero-order chi connectivity index (χ0) is 16.9. The molecule has 1 fully saturated rings. The Morgan fingerprint density at radius 1 is 1.04 bits per heavy atom. The number of hydrogen-bond donors (Lipinski definition) is 0. The van der Waals surface area contributed by atoms with Crippen LogP contribution in [0.5, 0.6) is 0 Å². The van der Waals surface area contributed by atoms with Gasteiger partial charge in [0.1, 0.15) is 0 Å². The number of allylic oxidation sites excluding steroid dienone is 4. The van der Waals surface area contributed by atoms with Crippen LogP contribution in [0.15, 0.2) is 50.6 Å². The molecule has 0 amide bonds.